The van der Waals surface area contributed by atoms with Gasteiger partial charge in [0.05, 0.1) is 6.61 Å². The lowest BCUT2D eigenvalue weighted by molar-refractivity contribution is 0.101. The zero-order valence-electron chi connectivity index (χ0n) is 13.0. The van der Waals surface area contributed by atoms with E-state index in [1.165, 1.54) is 0 Å². The van der Waals surface area contributed by atoms with E-state index in [4.69, 9.17) is 4.74 Å². The van der Waals surface area contributed by atoms with E-state index in [-0.39, 0.29) is 5.78 Å². The molecule has 0 spiro atoms. The molecule has 23 heavy (non-hydrogen) atoms. The van der Waals surface area contributed by atoms with Gasteiger partial charge in [-0.3, -0.25) is 9.20 Å². The van der Waals surface area contributed by atoms with Crippen LogP contribution in [-0.2, 0) is 5.75 Å². The third-order valence-electron chi connectivity index (χ3n) is 3.41. The molecule has 0 fully saturated rings. The fourth-order valence-corrected chi connectivity index (χ4v) is 3.17. The molecule has 6 heteroatoms. The SMILES string of the molecule is CCOc1ccc(C(C)=O)cc1CSc1nnc2ccccn12. The standard InChI is InChI=1S/C17H17N3O2S/c1-3-22-15-8-7-13(12(2)21)10-14(15)11-23-17-19-18-16-6-4-5-9-20(16)17/h4-10H,3,11H2,1-2H3. The number of benzene rings is 1. The summed E-state index contributed by atoms with van der Waals surface area (Å²) in [6.07, 6.45) is 1.94. The van der Waals surface area contributed by atoms with Gasteiger partial charge in [0.15, 0.2) is 16.6 Å². The molecule has 3 aromatic rings. The van der Waals surface area contributed by atoms with E-state index in [0.29, 0.717) is 17.9 Å². The molecule has 1 aromatic carbocycles. The number of hydrogen-bond acceptors (Lipinski definition) is 5. The van der Waals surface area contributed by atoms with Crippen LogP contribution in [0.25, 0.3) is 5.65 Å². The van der Waals surface area contributed by atoms with E-state index in [1.807, 2.05) is 47.9 Å². The van der Waals surface area contributed by atoms with Crippen molar-refractivity contribution >= 4 is 23.2 Å². The Balaban J connectivity index is 1.86. The van der Waals surface area contributed by atoms with E-state index < -0.39 is 0 Å². The fourth-order valence-electron chi connectivity index (χ4n) is 2.27. The quantitative estimate of drug-likeness (QED) is 0.511. The van der Waals surface area contributed by atoms with Gasteiger partial charge in [-0.05, 0) is 44.2 Å². The van der Waals surface area contributed by atoms with Crippen LogP contribution < -0.4 is 4.74 Å². The number of thioether (sulfide) groups is 1. The van der Waals surface area contributed by atoms with Crippen molar-refractivity contribution in [2.24, 2.45) is 0 Å². The van der Waals surface area contributed by atoms with Crippen LogP contribution in [0.1, 0.15) is 29.8 Å². The molecule has 0 aliphatic carbocycles. The highest BCUT2D eigenvalue weighted by atomic mass is 32.2. The number of carbonyl (C=O) groups is 1. The highest BCUT2D eigenvalue weighted by Crippen LogP contribution is 2.28. The number of carbonyl (C=O) groups excluding carboxylic acids is 1. The van der Waals surface area contributed by atoms with Crippen LogP contribution in [0.3, 0.4) is 0 Å². The third kappa shape index (κ3) is 3.37. The van der Waals surface area contributed by atoms with Crippen molar-refractivity contribution in [2.75, 3.05) is 6.61 Å². The largest absolute Gasteiger partial charge is 0.494 e. The summed E-state index contributed by atoms with van der Waals surface area (Å²) in [6, 6.07) is 11.3. The Kier molecular flexibility index (Phi) is 4.62. The second-order valence-electron chi connectivity index (χ2n) is 5.01. The van der Waals surface area contributed by atoms with Crippen LogP contribution in [0.5, 0.6) is 5.75 Å². The van der Waals surface area contributed by atoms with Crippen molar-refractivity contribution in [1.82, 2.24) is 14.6 Å². The summed E-state index contributed by atoms with van der Waals surface area (Å²) in [5.74, 6) is 1.51. The lowest BCUT2D eigenvalue weighted by Gasteiger charge is -2.11. The third-order valence-corrected chi connectivity index (χ3v) is 4.40. The van der Waals surface area contributed by atoms with E-state index in [0.717, 1.165) is 22.1 Å². The first-order valence-electron chi connectivity index (χ1n) is 7.38. The molecule has 0 N–H and O–H groups in total. The van der Waals surface area contributed by atoms with Gasteiger partial charge < -0.3 is 4.74 Å². The molecule has 3 rings (SSSR count). The smallest absolute Gasteiger partial charge is 0.195 e. The topological polar surface area (TPSA) is 56.5 Å². The molecule has 0 aliphatic heterocycles. The normalized spacial score (nSPS) is 10.9. The van der Waals surface area contributed by atoms with Gasteiger partial charge in [0, 0.05) is 23.1 Å². The van der Waals surface area contributed by atoms with Gasteiger partial charge in [-0.2, -0.15) is 0 Å². The van der Waals surface area contributed by atoms with Gasteiger partial charge in [-0.25, -0.2) is 0 Å². The number of ketones is 1. The van der Waals surface area contributed by atoms with Crippen molar-refractivity contribution in [3.63, 3.8) is 0 Å². The van der Waals surface area contributed by atoms with E-state index in [2.05, 4.69) is 10.2 Å². The Bertz CT molecular complexity index is 845. The van der Waals surface area contributed by atoms with Gasteiger partial charge in [0.2, 0.25) is 0 Å². The van der Waals surface area contributed by atoms with Crippen molar-refractivity contribution in [3.05, 3.63) is 53.7 Å². The molecule has 118 valence electrons. The Morgan fingerprint density at radius 3 is 2.91 bits per heavy atom. The lowest BCUT2D eigenvalue weighted by Crippen LogP contribution is -2.00. The molecular weight excluding hydrogens is 310 g/mol. The summed E-state index contributed by atoms with van der Waals surface area (Å²) >= 11 is 1.57. The Labute approximate surface area is 138 Å². The zero-order valence-corrected chi connectivity index (χ0v) is 13.8. The molecule has 0 aliphatic rings. The Hall–Kier alpha value is -2.34. The first-order chi connectivity index (χ1) is 11.2. The minimum Gasteiger partial charge on any atom is -0.494 e. The first-order valence-corrected chi connectivity index (χ1v) is 8.37. The molecule has 0 saturated carbocycles. The van der Waals surface area contributed by atoms with Gasteiger partial charge >= 0.3 is 0 Å². The number of rotatable bonds is 6. The van der Waals surface area contributed by atoms with Gasteiger partial charge in [0.25, 0.3) is 0 Å². The van der Waals surface area contributed by atoms with Gasteiger partial charge in [-0.1, -0.05) is 17.8 Å². The predicted octanol–water partition coefficient (Wildman–Crippen LogP) is 3.62. The van der Waals surface area contributed by atoms with E-state index in [1.54, 1.807) is 24.8 Å². The summed E-state index contributed by atoms with van der Waals surface area (Å²) in [5.41, 5.74) is 2.49. The van der Waals surface area contributed by atoms with Gasteiger partial charge in [-0.15, -0.1) is 10.2 Å². The summed E-state index contributed by atoms with van der Waals surface area (Å²) in [7, 11) is 0. The first kappa shape index (κ1) is 15.6. The molecule has 0 bridgehead atoms. The molecule has 0 unspecified atom stereocenters. The van der Waals surface area contributed by atoms with Crippen molar-refractivity contribution in [3.8, 4) is 5.75 Å². The maximum Gasteiger partial charge on any atom is 0.195 e. The molecule has 0 saturated heterocycles. The fraction of sp³-hybridized carbons (Fsp3) is 0.235. The number of pyridine rings is 1. The lowest BCUT2D eigenvalue weighted by atomic mass is 10.1. The Morgan fingerprint density at radius 1 is 1.26 bits per heavy atom. The van der Waals surface area contributed by atoms with Crippen LogP contribution >= 0.6 is 11.8 Å². The maximum absolute atomic E-state index is 11.6. The average molecular weight is 327 g/mol. The summed E-state index contributed by atoms with van der Waals surface area (Å²) in [6.45, 7) is 4.10. The predicted molar refractivity (Wildman–Crippen MR) is 90.2 cm³/mol. The molecule has 5 nitrogen and oxygen atoms in total. The van der Waals surface area contributed by atoms with Crippen LogP contribution in [0.15, 0.2) is 47.8 Å². The number of ether oxygens (including phenoxy) is 1. The summed E-state index contributed by atoms with van der Waals surface area (Å²) in [5, 5.41) is 9.17. The van der Waals surface area contributed by atoms with E-state index in [9.17, 15) is 4.79 Å². The average Bonchev–Trinajstić information content (AvgIpc) is 2.97. The maximum atomic E-state index is 11.6. The number of nitrogens with zero attached hydrogens (tertiary/aromatic N) is 3. The number of fused-ring (bicyclic) bond motifs is 1. The molecule has 0 amide bonds. The minimum absolute atomic E-state index is 0.0484. The van der Waals surface area contributed by atoms with Gasteiger partial charge in [0.1, 0.15) is 5.75 Å². The Morgan fingerprint density at radius 2 is 2.13 bits per heavy atom. The number of aromatic nitrogens is 3. The van der Waals surface area contributed by atoms with Crippen molar-refractivity contribution < 1.29 is 9.53 Å². The second-order valence-corrected chi connectivity index (χ2v) is 5.95. The zero-order chi connectivity index (χ0) is 16.2. The van der Waals surface area contributed by atoms with Crippen LogP contribution in [-0.4, -0.2) is 27.0 Å². The minimum atomic E-state index is 0.0484. The highest BCUT2D eigenvalue weighted by molar-refractivity contribution is 7.98. The molecular formula is C17H17N3O2S. The second kappa shape index (κ2) is 6.83. The highest BCUT2D eigenvalue weighted by Gasteiger charge is 2.11. The summed E-state index contributed by atoms with van der Waals surface area (Å²) < 4.78 is 7.61. The monoisotopic (exact) mass is 327 g/mol. The number of hydrogen-bond donors (Lipinski definition) is 0. The molecule has 0 radical (unpaired) electrons. The van der Waals surface area contributed by atoms with Crippen LogP contribution in [0.2, 0.25) is 0 Å². The molecule has 2 heterocycles. The van der Waals surface area contributed by atoms with Crippen LogP contribution in [0, 0.1) is 0 Å². The molecule has 2 aromatic heterocycles. The van der Waals surface area contributed by atoms with Crippen molar-refractivity contribution in [1.29, 1.82) is 0 Å². The summed E-state index contributed by atoms with van der Waals surface area (Å²) in [4.78, 5) is 11.6. The molecule has 0 atom stereocenters. The van der Waals surface area contributed by atoms with E-state index >= 15 is 0 Å². The van der Waals surface area contributed by atoms with Crippen LogP contribution in [0.4, 0.5) is 0 Å². The number of Topliss-reactive ketones (excluding diaryl/α,β-unsaturated/α-hetero) is 1. The van der Waals surface area contributed by atoms with Crippen molar-refractivity contribution in [2.45, 2.75) is 24.8 Å².